The van der Waals surface area contributed by atoms with Crippen LogP contribution in [-0.2, 0) is 11.0 Å². The van der Waals surface area contributed by atoms with Gasteiger partial charge in [-0.25, -0.2) is 0 Å². The van der Waals surface area contributed by atoms with Gasteiger partial charge in [0, 0.05) is 0 Å². The number of halogens is 3. The van der Waals surface area contributed by atoms with E-state index in [0.29, 0.717) is 17.4 Å². The van der Waals surface area contributed by atoms with E-state index in [-0.39, 0.29) is 0 Å². The Morgan fingerprint density at radius 1 is 1.31 bits per heavy atom. The first-order valence-electron chi connectivity index (χ1n) is 4.61. The lowest BCUT2D eigenvalue weighted by atomic mass is 9.96. The molecule has 0 fully saturated rings. The third-order valence-electron chi connectivity index (χ3n) is 2.42. The molecular weight excluding hydrogens is 219 g/mol. The minimum absolute atomic E-state index is 0.354. The molecule has 1 unspecified atom stereocenters. The molecule has 0 bridgehead atoms. The quantitative estimate of drug-likeness (QED) is 0.747. The van der Waals surface area contributed by atoms with E-state index >= 15 is 0 Å². The Bertz CT molecular complexity index is 451. The average Bonchev–Trinajstić information content (AvgIpc) is 2.26. The highest BCUT2D eigenvalue weighted by molar-refractivity contribution is 5.70. The highest BCUT2D eigenvalue weighted by Crippen LogP contribution is 2.33. The molecule has 1 aliphatic rings. The van der Waals surface area contributed by atoms with E-state index in [2.05, 4.69) is 5.32 Å². The lowest BCUT2D eigenvalue weighted by Gasteiger charge is -2.20. The SMILES string of the molecule is O=CC1NC=Cc2ccc(C(F)(F)F)cc21. The van der Waals surface area contributed by atoms with Crippen molar-refractivity contribution in [3.05, 3.63) is 41.1 Å². The van der Waals surface area contributed by atoms with Crippen LogP contribution in [0, 0.1) is 0 Å². The summed E-state index contributed by atoms with van der Waals surface area (Å²) >= 11 is 0. The second kappa shape index (κ2) is 3.66. The standard InChI is InChI=1S/C11H8F3NO/c12-11(13,14)8-2-1-7-3-4-15-10(6-16)9(7)5-8/h1-6,10,15H. The Hall–Kier alpha value is -1.78. The predicted molar refractivity (Wildman–Crippen MR) is 52.4 cm³/mol. The van der Waals surface area contributed by atoms with E-state index in [1.54, 1.807) is 12.3 Å². The Kier molecular flexibility index (Phi) is 2.46. The monoisotopic (exact) mass is 227 g/mol. The molecule has 0 aliphatic carbocycles. The number of fused-ring (bicyclic) bond motifs is 1. The minimum Gasteiger partial charge on any atom is -0.378 e. The lowest BCUT2D eigenvalue weighted by Crippen LogP contribution is -2.21. The van der Waals surface area contributed by atoms with Gasteiger partial charge >= 0.3 is 6.18 Å². The second-order valence-electron chi connectivity index (χ2n) is 3.46. The molecule has 0 aromatic heterocycles. The molecule has 84 valence electrons. The number of alkyl halides is 3. The van der Waals surface area contributed by atoms with Gasteiger partial charge in [-0.3, -0.25) is 0 Å². The number of benzene rings is 1. The maximum Gasteiger partial charge on any atom is 0.416 e. The van der Waals surface area contributed by atoms with E-state index in [4.69, 9.17) is 0 Å². The Morgan fingerprint density at radius 3 is 2.69 bits per heavy atom. The zero-order valence-electron chi connectivity index (χ0n) is 8.08. The number of nitrogens with one attached hydrogen (secondary N) is 1. The summed E-state index contributed by atoms with van der Waals surface area (Å²) in [6.45, 7) is 0. The van der Waals surface area contributed by atoms with Gasteiger partial charge in [-0.15, -0.1) is 0 Å². The maximum atomic E-state index is 12.5. The number of hydrogen-bond donors (Lipinski definition) is 1. The normalized spacial score (nSPS) is 18.8. The average molecular weight is 227 g/mol. The van der Waals surface area contributed by atoms with Crippen LogP contribution in [0.1, 0.15) is 22.7 Å². The zero-order valence-corrected chi connectivity index (χ0v) is 8.08. The molecule has 1 N–H and O–H groups in total. The predicted octanol–water partition coefficient (Wildman–Crippen LogP) is 2.52. The van der Waals surface area contributed by atoms with E-state index in [0.717, 1.165) is 12.1 Å². The molecule has 2 nitrogen and oxygen atoms in total. The van der Waals surface area contributed by atoms with Crippen LogP contribution in [0.2, 0.25) is 0 Å². The fourth-order valence-corrected chi connectivity index (χ4v) is 1.62. The summed E-state index contributed by atoms with van der Waals surface area (Å²) in [6.07, 6.45) is -0.615. The van der Waals surface area contributed by atoms with Crippen LogP contribution in [0.5, 0.6) is 0 Å². The van der Waals surface area contributed by atoms with Crippen molar-refractivity contribution in [2.75, 3.05) is 0 Å². The summed E-state index contributed by atoms with van der Waals surface area (Å²) < 4.78 is 37.4. The van der Waals surface area contributed by atoms with E-state index in [9.17, 15) is 18.0 Å². The Balaban J connectivity index is 2.51. The molecule has 2 rings (SSSR count). The number of hydrogen-bond acceptors (Lipinski definition) is 2. The molecule has 1 aliphatic heterocycles. The molecule has 0 radical (unpaired) electrons. The molecule has 1 atom stereocenters. The Morgan fingerprint density at radius 2 is 2.06 bits per heavy atom. The zero-order chi connectivity index (χ0) is 11.8. The molecule has 5 heteroatoms. The van der Waals surface area contributed by atoms with Crippen molar-refractivity contribution < 1.29 is 18.0 Å². The summed E-state index contributed by atoms with van der Waals surface area (Å²) in [6, 6.07) is 2.68. The first kappa shape index (κ1) is 10.7. The third kappa shape index (κ3) is 1.80. The van der Waals surface area contributed by atoms with E-state index in [1.165, 1.54) is 6.07 Å². The van der Waals surface area contributed by atoms with E-state index in [1.807, 2.05) is 0 Å². The molecule has 1 aromatic rings. The molecule has 16 heavy (non-hydrogen) atoms. The van der Waals surface area contributed by atoms with Gasteiger partial charge in [0.15, 0.2) is 0 Å². The molecule has 0 amide bonds. The van der Waals surface area contributed by atoms with Crippen LogP contribution in [0.15, 0.2) is 24.4 Å². The summed E-state index contributed by atoms with van der Waals surface area (Å²) in [5, 5.41) is 2.69. The third-order valence-corrected chi connectivity index (χ3v) is 2.42. The lowest BCUT2D eigenvalue weighted by molar-refractivity contribution is -0.137. The number of aldehydes is 1. The molecule has 0 saturated carbocycles. The second-order valence-corrected chi connectivity index (χ2v) is 3.46. The van der Waals surface area contributed by atoms with Crippen molar-refractivity contribution >= 4 is 12.4 Å². The van der Waals surface area contributed by atoms with Crippen LogP contribution in [0.3, 0.4) is 0 Å². The van der Waals surface area contributed by atoms with E-state index < -0.39 is 17.8 Å². The largest absolute Gasteiger partial charge is 0.416 e. The van der Waals surface area contributed by atoms with Crippen molar-refractivity contribution in [2.45, 2.75) is 12.2 Å². The van der Waals surface area contributed by atoms with Crippen LogP contribution < -0.4 is 5.32 Å². The fourth-order valence-electron chi connectivity index (χ4n) is 1.62. The molecule has 1 aromatic carbocycles. The van der Waals surface area contributed by atoms with Crippen molar-refractivity contribution in [2.24, 2.45) is 0 Å². The number of carbonyl (C=O) groups excluding carboxylic acids is 1. The summed E-state index contributed by atoms with van der Waals surface area (Å²) in [4.78, 5) is 10.7. The molecular formula is C11H8F3NO. The van der Waals surface area contributed by atoms with Gasteiger partial charge in [0.1, 0.15) is 12.3 Å². The summed E-state index contributed by atoms with van der Waals surface area (Å²) in [7, 11) is 0. The summed E-state index contributed by atoms with van der Waals surface area (Å²) in [5.41, 5.74) is 0.242. The maximum absolute atomic E-state index is 12.5. The van der Waals surface area contributed by atoms with Gasteiger partial charge in [-0.05, 0) is 35.5 Å². The number of rotatable bonds is 1. The van der Waals surface area contributed by atoms with Gasteiger partial charge in [-0.2, -0.15) is 13.2 Å². The Labute approximate surface area is 89.8 Å². The van der Waals surface area contributed by atoms with Gasteiger partial charge in [0.2, 0.25) is 0 Å². The van der Waals surface area contributed by atoms with Crippen molar-refractivity contribution in [1.29, 1.82) is 0 Å². The first-order chi connectivity index (χ1) is 7.52. The van der Waals surface area contributed by atoms with Crippen molar-refractivity contribution in [1.82, 2.24) is 5.32 Å². The highest BCUT2D eigenvalue weighted by Gasteiger charge is 2.31. The van der Waals surface area contributed by atoms with Gasteiger partial charge in [0.05, 0.1) is 5.56 Å². The smallest absolute Gasteiger partial charge is 0.378 e. The fraction of sp³-hybridized carbons (Fsp3) is 0.182. The van der Waals surface area contributed by atoms with Crippen LogP contribution in [0.25, 0.3) is 6.08 Å². The van der Waals surface area contributed by atoms with Crippen LogP contribution in [0.4, 0.5) is 13.2 Å². The van der Waals surface area contributed by atoms with Crippen molar-refractivity contribution in [3.63, 3.8) is 0 Å². The molecule has 0 saturated heterocycles. The highest BCUT2D eigenvalue weighted by atomic mass is 19.4. The molecule has 0 spiro atoms. The topological polar surface area (TPSA) is 29.1 Å². The summed E-state index contributed by atoms with van der Waals surface area (Å²) in [5.74, 6) is 0. The van der Waals surface area contributed by atoms with Gasteiger partial charge < -0.3 is 10.1 Å². The van der Waals surface area contributed by atoms with Crippen molar-refractivity contribution in [3.8, 4) is 0 Å². The first-order valence-corrected chi connectivity index (χ1v) is 4.61. The van der Waals surface area contributed by atoms with Gasteiger partial charge in [0.25, 0.3) is 0 Å². The van der Waals surface area contributed by atoms with Gasteiger partial charge in [-0.1, -0.05) is 6.07 Å². The minimum atomic E-state index is -4.39. The number of carbonyl (C=O) groups is 1. The van der Waals surface area contributed by atoms with Crippen LogP contribution >= 0.6 is 0 Å². The molecule has 1 heterocycles. The van der Waals surface area contributed by atoms with Crippen LogP contribution in [-0.4, -0.2) is 6.29 Å².